The summed E-state index contributed by atoms with van der Waals surface area (Å²) in [6.45, 7) is 2.06. The third kappa shape index (κ3) is 4.35. The van der Waals surface area contributed by atoms with Gasteiger partial charge in [-0.05, 0) is 38.0 Å². The van der Waals surface area contributed by atoms with Crippen molar-refractivity contribution in [3.8, 4) is 0 Å². The molecule has 7 nitrogen and oxygen atoms in total. The number of hydrogen-bond donors (Lipinski definition) is 1. The molecule has 176 valence electrons. The van der Waals surface area contributed by atoms with E-state index in [1.165, 1.54) is 6.07 Å². The van der Waals surface area contributed by atoms with Crippen LogP contribution in [-0.2, 0) is 12.7 Å². The molecule has 0 aliphatic heterocycles. The van der Waals surface area contributed by atoms with E-state index in [1.54, 1.807) is 35.9 Å². The minimum Gasteiger partial charge on any atom is -0.304 e. The van der Waals surface area contributed by atoms with Gasteiger partial charge in [-0.1, -0.05) is 29.3 Å². The zero-order valence-corrected chi connectivity index (χ0v) is 19.2. The number of alkyl halides is 3. The fourth-order valence-electron chi connectivity index (χ4n) is 3.64. The number of anilines is 1. The average molecular weight is 509 g/mol. The minimum absolute atomic E-state index is 0.0110. The van der Waals surface area contributed by atoms with Crippen molar-refractivity contribution in [1.82, 2.24) is 24.4 Å². The lowest BCUT2D eigenvalue weighted by Crippen LogP contribution is -2.16. The van der Waals surface area contributed by atoms with Crippen LogP contribution in [0.5, 0.6) is 0 Å². The number of aryl methyl sites for hydroxylation is 1. The molecule has 0 saturated heterocycles. The van der Waals surface area contributed by atoms with Gasteiger partial charge in [-0.25, -0.2) is 9.50 Å². The van der Waals surface area contributed by atoms with Gasteiger partial charge in [0.05, 0.1) is 6.54 Å². The van der Waals surface area contributed by atoms with Crippen LogP contribution in [0.15, 0.2) is 36.4 Å². The number of benzene rings is 1. The number of amides is 1. The van der Waals surface area contributed by atoms with E-state index in [0.29, 0.717) is 25.8 Å². The van der Waals surface area contributed by atoms with Crippen LogP contribution in [-0.4, -0.2) is 30.3 Å². The van der Waals surface area contributed by atoms with E-state index in [-0.39, 0.29) is 29.6 Å². The van der Waals surface area contributed by atoms with Crippen LogP contribution < -0.4 is 5.32 Å². The van der Waals surface area contributed by atoms with E-state index >= 15 is 0 Å². The summed E-state index contributed by atoms with van der Waals surface area (Å²) >= 11 is 12.5. The zero-order chi connectivity index (χ0) is 24.2. The van der Waals surface area contributed by atoms with E-state index in [2.05, 4.69) is 20.5 Å². The molecule has 4 aromatic rings. The van der Waals surface area contributed by atoms with Gasteiger partial charge in [0.2, 0.25) is 0 Å². The van der Waals surface area contributed by atoms with Gasteiger partial charge in [-0.3, -0.25) is 9.48 Å². The molecule has 3 aromatic heterocycles. The number of nitrogens with zero attached hydrogens (tertiary/aromatic N) is 5. The Morgan fingerprint density at radius 1 is 1.15 bits per heavy atom. The maximum atomic E-state index is 13.6. The number of carbonyl (C=O) groups is 1. The Kier molecular flexibility index (Phi) is 5.52. The first kappa shape index (κ1) is 22.7. The Hall–Kier alpha value is -3.11. The summed E-state index contributed by atoms with van der Waals surface area (Å²) in [5, 5.41) is 11.8. The highest BCUT2D eigenvalue weighted by Gasteiger charge is 2.37. The molecule has 1 N–H and O–H groups in total. The third-order valence-electron chi connectivity index (χ3n) is 5.56. The zero-order valence-electron chi connectivity index (χ0n) is 17.7. The number of aromatic nitrogens is 5. The van der Waals surface area contributed by atoms with E-state index in [0.717, 1.165) is 24.6 Å². The summed E-state index contributed by atoms with van der Waals surface area (Å²) in [6, 6.07) is 9.03. The topological polar surface area (TPSA) is 77.1 Å². The first-order chi connectivity index (χ1) is 16.1. The second-order valence-corrected chi connectivity index (χ2v) is 8.94. The number of fused-ring (bicyclic) bond motifs is 1. The highest BCUT2D eigenvalue weighted by atomic mass is 35.5. The Balaban J connectivity index is 1.41. The first-order valence-corrected chi connectivity index (χ1v) is 11.1. The summed E-state index contributed by atoms with van der Waals surface area (Å²) in [5.41, 5.74) is 0.558. The van der Waals surface area contributed by atoms with Crippen LogP contribution >= 0.6 is 23.2 Å². The Morgan fingerprint density at radius 2 is 1.85 bits per heavy atom. The van der Waals surface area contributed by atoms with Crippen LogP contribution in [0.4, 0.5) is 19.0 Å². The smallest absolute Gasteiger partial charge is 0.304 e. The minimum atomic E-state index is -4.64. The molecule has 0 unspecified atom stereocenters. The predicted molar refractivity (Wildman–Crippen MR) is 120 cm³/mol. The monoisotopic (exact) mass is 508 g/mol. The van der Waals surface area contributed by atoms with Crippen molar-refractivity contribution in [3.05, 3.63) is 74.8 Å². The van der Waals surface area contributed by atoms with E-state index in [1.807, 2.05) is 0 Å². The maximum absolute atomic E-state index is 13.6. The summed E-state index contributed by atoms with van der Waals surface area (Å²) < 4.78 is 43.1. The van der Waals surface area contributed by atoms with Crippen LogP contribution in [0.2, 0.25) is 10.0 Å². The van der Waals surface area contributed by atoms with Crippen LogP contribution in [0.3, 0.4) is 0 Å². The Bertz CT molecular complexity index is 1400. The lowest BCUT2D eigenvalue weighted by Gasteiger charge is -2.10. The van der Waals surface area contributed by atoms with Crippen molar-refractivity contribution in [2.45, 2.75) is 38.4 Å². The molecule has 5 rings (SSSR count). The summed E-state index contributed by atoms with van der Waals surface area (Å²) in [7, 11) is 0. The van der Waals surface area contributed by atoms with Gasteiger partial charge >= 0.3 is 6.18 Å². The van der Waals surface area contributed by atoms with Gasteiger partial charge < -0.3 is 5.32 Å². The van der Waals surface area contributed by atoms with Crippen molar-refractivity contribution >= 4 is 40.6 Å². The van der Waals surface area contributed by atoms with Crippen molar-refractivity contribution in [3.63, 3.8) is 0 Å². The molecular formula is C22H17Cl2F3N6O. The second-order valence-electron chi connectivity index (χ2n) is 8.12. The van der Waals surface area contributed by atoms with E-state index in [4.69, 9.17) is 23.2 Å². The number of halogens is 5. The molecule has 3 heterocycles. The molecular weight excluding hydrogens is 492 g/mol. The fraction of sp³-hybridized carbons (Fsp3) is 0.273. The van der Waals surface area contributed by atoms with Crippen molar-refractivity contribution in [2.24, 2.45) is 0 Å². The molecule has 1 fully saturated rings. The molecule has 0 atom stereocenters. The van der Waals surface area contributed by atoms with Gasteiger partial charge in [-0.15, -0.1) is 0 Å². The SMILES string of the molecule is Cc1cc(NC(=O)c2cc3nc(C4CC4)cc(C(F)(F)F)n3n2)nn1Cc1c(Cl)cccc1Cl. The summed E-state index contributed by atoms with van der Waals surface area (Å²) in [4.78, 5) is 17.1. The molecule has 0 spiro atoms. The van der Waals surface area contributed by atoms with Crippen LogP contribution in [0.25, 0.3) is 5.65 Å². The lowest BCUT2D eigenvalue weighted by atomic mass is 10.2. The first-order valence-electron chi connectivity index (χ1n) is 10.4. The fourth-order valence-corrected chi connectivity index (χ4v) is 4.16. The standard InChI is InChI=1S/C22H17Cl2F3N6O/c1-11-7-19(31-32(11)10-13-14(23)3-2-4-15(13)24)29-21(34)17-9-20-28-16(12-5-6-12)8-18(22(25,26)27)33(20)30-17/h2-4,7-9,12H,5-6,10H2,1H3,(H,29,31,34). The summed E-state index contributed by atoms with van der Waals surface area (Å²) in [6.07, 6.45) is -3.05. The molecule has 0 radical (unpaired) electrons. The number of rotatable bonds is 5. The molecule has 0 bridgehead atoms. The molecule has 1 aliphatic carbocycles. The van der Waals surface area contributed by atoms with Crippen LogP contribution in [0.1, 0.15) is 51.9 Å². The Morgan fingerprint density at radius 3 is 2.50 bits per heavy atom. The quantitative estimate of drug-likeness (QED) is 0.373. The number of carbonyl (C=O) groups excluding carboxylic acids is 1. The largest absolute Gasteiger partial charge is 0.433 e. The Labute approximate surface area is 201 Å². The third-order valence-corrected chi connectivity index (χ3v) is 6.27. The maximum Gasteiger partial charge on any atom is 0.433 e. The molecule has 1 saturated carbocycles. The van der Waals surface area contributed by atoms with Crippen molar-refractivity contribution in [1.29, 1.82) is 0 Å². The van der Waals surface area contributed by atoms with Crippen LogP contribution in [0, 0.1) is 6.92 Å². The molecule has 1 amide bonds. The number of hydrogen-bond acceptors (Lipinski definition) is 4. The molecule has 1 aromatic carbocycles. The molecule has 12 heteroatoms. The van der Waals surface area contributed by atoms with Gasteiger partial charge in [-0.2, -0.15) is 23.4 Å². The predicted octanol–water partition coefficient (Wildman–Crippen LogP) is 5.74. The highest BCUT2D eigenvalue weighted by molar-refractivity contribution is 6.36. The average Bonchev–Trinajstić information content (AvgIpc) is 3.43. The molecule has 1 aliphatic rings. The van der Waals surface area contributed by atoms with E-state index < -0.39 is 17.8 Å². The lowest BCUT2D eigenvalue weighted by molar-refractivity contribution is -0.142. The second kappa shape index (κ2) is 8.28. The van der Waals surface area contributed by atoms with Gasteiger partial charge in [0.15, 0.2) is 17.2 Å². The van der Waals surface area contributed by atoms with Gasteiger partial charge in [0.1, 0.15) is 5.69 Å². The van der Waals surface area contributed by atoms with Crippen molar-refractivity contribution in [2.75, 3.05) is 5.32 Å². The number of nitrogens with one attached hydrogen (secondary N) is 1. The van der Waals surface area contributed by atoms with Crippen molar-refractivity contribution < 1.29 is 18.0 Å². The highest BCUT2D eigenvalue weighted by Crippen LogP contribution is 2.41. The summed E-state index contributed by atoms with van der Waals surface area (Å²) in [5.74, 6) is -0.478. The van der Waals surface area contributed by atoms with E-state index in [9.17, 15) is 18.0 Å². The molecule has 34 heavy (non-hydrogen) atoms. The van der Waals surface area contributed by atoms with Gasteiger partial charge in [0, 0.05) is 45.0 Å². The van der Waals surface area contributed by atoms with Gasteiger partial charge in [0.25, 0.3) is 5.91 Å². The normalized spacial score (nSPS) is 14.1.